The maximum Gasteiger partial charge on any atom is 0.230 e. The van der Waals surface area contributed by atoms with E-state index in [-0.39, 0.29) is 23.1 Å². The van der Waals surface area contributed by atoms with E-state index in [0.717, 1.165) is 51.7 Å². The lowest BCUT2D eigenvalue weighted by Gasteiger charge is -2.42. The summed E-state index contributed by atoms with van der Waals surface area (Å²) in [5.41, 5.74) is -0.0701. The van der Waals surface area contributed by atoms with Crippen LogP contribution in [0.25, 0.3) is 0 Å². The smallest absolute Gasteiger partial charge is 0.230 e. The molecular formula is C15H26N2O2. The topological polar surface area (TPSA) is 49.4 Å². The van der Waals surface area contributed by atoms with Crippen molar-refractivity contribution in [2.45, 2.75) is 52.4 Å². The van der Waals surface area contributed by atoms with Crippen molar-refractivity contribution >= 4 is 11.8 Å². The molecular weight excluding hydrogens is 240 g/mol. The second kappa shape index (κ2) is 6.04. The summed E-state index contributed by atoms with van der Waals surface area (Å²) < 4.78 is 0. The number of hydrogen-bond acceptors (Lipinski definition) is 3. The van der Waals surface area contributed by atoms with Gasteiger partial charge in [-0.2, -0.15) is 0 Å². The highest BCUT2D eigenvalue weighted by Gasteiger charge is 2.47. The predicted octanol–water partition coefficient (Wildman–Crippen LogP) is 1.94. The average Bonchev–Trinajstić information content (AvgIpc) is 2.57. The van der Waals surface area contributed by atoms with Crippen LogP contribution in [0.1, 0.15) is 52.4 Å². The molecule has 2 atom stereocenters. The molecule has 2 rings (SSSR count). The summed E-state index contributed by atoms with van der Waals surface area (Å²) in [7, 11) is 0. The molecule has 0 aromatic heterocycles. The normalized spacial score (nSPS) is 33.3. The van der Waals surface area contributed by atoms with E-state index in [1.165, 1.54) is 0 Å². The molecule has 0 bridgehead atoms. The first-order valence-electron chi connectivity index (χ1n) is 7.67. The number of likely N-dealkylation sites (tertiary alicyclic amines) is 1. The van der Waals surface area contributed by atoms with E-state index in [1.54, 1.807) is 0 Å². The largest absolute Gasteiger partial charge is 0.304 e. The second-order valence-corrected chi connectivity index (χ2v) is 6.08. The highest BCUT2D eigenvalue weighted by atomic mass is 16.2. The molecule has 0 radical (unpaired) electrons. The minimum atomic E-state index is -0.0701. The van der Waals surface area contributed by atoms with E-state index in [2.05, 4.69) is 24.1 Å². The van der Waals surface area contributed by atoms with Crippen LogP contribution in [0.2, 0.25) is 0 Å². The quantitative estimate of drug-likeness (QED) is 0.794. The van der Waals surface area contributed by atoms with Gasteiger partial charge in [-0.3, -0.25) is 14.9 Å². The standard InChI is InChI=1S/C15H26N2O2/c1-3-6-12-14(19)16-13(18)11-15(12)7-5-9-17(4-2)10-8-15/h12H,3-11H2,1-2H3,(H,16,18,19). The van der Waals surface area contributed by atoms with Crippen LogP contribution in [0.15, 0.2) is 0 Å². The van der Waals surface area contributed by atoms with E-state index in [4.69, 9.17) is 0 Å². The van der Waals surface area contributed by atoms with Gasteiger partial charge >= 0.3 is 0 Å². The lowest BCUT2D eigenvalue weighted by molar-refractivity contribution is -0.144. The predicted molar refractivity (Wildman–Crippen MR) is 74.6 cm³/mol. The summed E-state index contributed by atoms with van der Waals surface area (Å²) >= 11 is 0. The number of carbonyl (C=O) groups is 2. The molecule has 0 aliphatic carbocycles. The van der Waals surface area contributed by atoms with Crippen molar-refractivity contribution in [1.82, 2.24) is 10.2 Å². The molecule has 0 aromatic carbocycles. The lowest BCUT2D eigenvalue weighted by atomic mass is 9.64. The fourth-order valence-electron chi connectivity index (χ4n) is 3.83. The molecule has 2 fully saturated rings. The SMILES string of the molecule is CCCC1C(=O)NC(=O)CC12CCCN(CC)CC2. The van der Waals surface area contributed by atoms with E-state index in [1.807, 2.05) is 0 Å². The summed E-state index contributed by atoms with van der Waals surface area (Å²) in [5.74, 6) is -0.0580. The van der Waals surface area contributed by atoms with Gasteiger partial charge in [0.1, 0.15) is 0 Å². The monoisotopic (exact) mass is 266 g/mol. The van der Waals surface area contributed by atoms with Crippen molar-refractivity contribution in [2.24, 2.45) is 11.3 Å². The molecule has 1 N–H and O–H groups in total. The highest BCUT2D eigenvalue weighted by molar-refractivity contribution is 5.99. The van der Waals surface area contributed by atoms with Crippen molar-refractivity contribution in [1.29, 1.82) is 0 Å². The number of imide groups is 1. The number of carbonyl (C=O) groups excluding carboxylic acids is 2. The Morgan fingerprint density at radius 2 is 2.05 bits per heavy atom. The molecule has 0 aromatic rings. The zero-order valence-electron chi connectivity index (χ0n) is 12.2. The number of amides is 2. The van der Waals surface area contributed by atoms with Gasteiger partial charge in [-0.05, 0) is 50.7 Å². The maximum atomic E-state index is 12.2. The van der Waals surface area contributed by atoms with Crippen molar-refractivity contribution in [3.63, 3.8) is 0 Å². The third-order valence-electron chi connectivity index (χ3n) is 4.93. The number of hydrogen-bond donors (Lipinski definition) is 1. The molecule has 1 spiro atoms. The molecule has 108 valence electrons. The molecule has 19 heavy (non-hydrogen) atoms. The van der Waals surface area contributed by atoms with Gasteiger partial charge in [0.05, 0.1) is 0 Å². The number of rotatable bonds is 3. The number of nitrogens with one attached hydrogen (secondary N) is 1. The summed E-state index contributed by atoms with van der Waals surface area (Å²) in [5, 5.41) is 2.54. The summed E-state index contributed by atoms with van der Waals surface area (Å²) in [6, 6.07) is 0. The third kappa shape index (κ3) is 2.99. The zero-order chi connectivity index (χ0) is 13.9. The fourth-order valence-corrected chi connectivity index (χ4v) is 3.83. The average molecular weight is 266 g/mol. The van der Waals surface area contributed by atoms with Crippen LogP contribution in [-0.2, 0) is 9.59 Å². The highest BCUT2D eigenvalue weighted by Crippen LogP contribution is 2.46. The van der Waals surface area contributed by atoms with Crippen molar-refractivity contribution < 1.29 is 9.59 Å². The van der Waals surface area contributed by atoms with Gasteiger partial charge in [0.15, 0.2) is 0 Å². The first kappa shape index (κ1) is 14.5. The van der Waals surface area contributed by atoms with Crippen LogP contribution in [0.5, 0.6) is 0 Å². The Morgan fingerprint density at radius 1 is 1.26 bits per heavy atom. The lowest BCUT2D eigenvalue weighted by Crippen LogP contribution is -2.52. The van der Waals surface area contributed by atoms with E-state index in [9.17, 15) is 9.59 Å². The van der Waals surface area contributed by atoms with Crippen LogP contribution in [0, 0.1) is 11.3 Å². The molecule has 0 saturated carbocycles. The van der Waals surface area contributed by atoms with Crippen LogP contribution in [-0.4, -0.2) is 36.3 Å². The van der Waals surface area contributed by atoms with Gasteiger partial charge < -0.3 is 4.90 Å². The fraction of sp³-hybridized carbons (Fsp3) is 0.867. The molecule has 4 nitrogen and oxygen atoms in total. The van der Waals surface area contributed by atoms with E-state index >= 15 is 0 Å². The molecule has 2 aliphatic heterocycles. The van der Waals surface area contributed by atoms with Gasteiger partial charge in [0.2, 0.25) is 11.8 Å². The van der Waals surface area contributed by atoms with Crippen molar-refractivity contribution in [2.75, 3.05) is 19.6 Å². The maximum absolute atomic E-state index is 12.2. The van der Waals surface area contributed by atoms with Crippen LogP contribution in [0.4, 0.5) is 0 Å². The first-order chi connectivity index (χ1) is 9.11. The van der Waals surface area contributed by atoms with Gasteiger partial charge in [0.25, 0.3) is 0 Å². The van der Waals surface area contributed by atoms with Crippen LogP contribution >= 0.6 is 0 Å². The van der Waals surface area contributed by atoms with Gasteiger partial charge in [-0.15, -0.1) is 0 Å². The Balaban J connectivity index is 2.20. The Kier molecular flexibility index (Phi) is 4.61. The van der Waals surface area contributed by atoms with Crippen LogP contribution < -0.4 is 5.32 Å². The first-order valence-corrected chi connectivity index (χ1v) is 7.67. The summed E-state index contributed by atoms with van der Waals surface area (Å²) in [6.45, 7) is 7.49. The molecule has 2 heterocycles. The minimum Gasteiger partial charge on any atom is -0.304 e. The third-order valence-corrected chi connectivity index (χ3v) is 4.93. The van der Waals surface area contributed by atoms with Gasteiger partial charge in [-0.25, -0.2) is 0 Å². The Bertz CT molecular complexity index is 356. The van der Waals surface area contributed by atoms with E-state index in [0.29, 0.717) is 6.42 Å². The molecule has 2 amide bonds. The Hall–Kier alpha value is -0.900. The molecule has 2 unspecified atom stereocenters. The molecule has 2 saturated heterocycles. The van der Waals surface area contributed by atoms with E-state index < -0.39 is 0 Å². The van der Waals surface area contributed by atoms with Crippen molar-refractivity contribution in [3.8, 4) is 0 Å². The second-order valence-electron chi connectivity index (χ2n) is 6.08. The zero-order valence-corrected chi connectivity index (χ0v) is 12.2. The van der Waals surface area contributed by atoms with Crippen molar-refractivity contribution in [3.05, 3.63) is 0 Å². The summed E-state index contributed by atoms with van der Waals surface area (Å²) in [4.78, 5) is 26.4. The Labute approximate surface area is 115 Å². The molecule has 2 aliphatic rings. The van der Waals surface area contributed by atoms with Gasteiger partial charge in [-0.1, -0.05) is 20.3 Å². The number of nitrogens with zero attached hydrogens (tertiary/aromatic N) is 1. The number of piperidine rings is 1. The van der Waals surface area contributed by atoms with Gasteiger partial charge in [0, 0.05) is 12.3 Å². The Morgan fingerprint density at radius 3 is 2.74 bits per heavy atom. The summed E-state index contributed by atoms with van der Waals surface area (Å²) in [6.07, 6.45) is 5.57. The molecule has 4 heteroatoms. The minimum absolute atomic E-state index is 0.0250. The van der Waals surface area contributed by atoms with Crippen LogP contribution in [0.3, 0.4) is 0 Å².